The molecule has 0 radical (unpaired) electrons. The molecule has 2 aromatic heterocycles. The van der Waals surface area contributed by atoms with E-state index in [4.69, 9.17) is 0 Å². The fourth-order valence-electron chi connectivity index (χ4n) is 4.32. The number of aromatic nitrogens is 4. The van der Waals surface area contributed by atoms with Gasteiger partial charge in [-0.15, -0.1) is 0 Å². The van der Waals surface area contributed by atoms with Crippen molar-refractivity contribution in [1.29, 1.82) is 0 Å². The first-order chi connectivity index (χ1) is 14.0. The van der Waals surface area contributed by atoms with Crippen LogP contribution in [0.25, 0.3) is 5.69 Å². The number of carbonyl (C=O) groups excluding carboxylic acids is 1. The minimum Gasteiger partial charge on any atom is -0.342 e. The molecule has 1 amide bonds. The number of hydrogen-bond acceptors (Lipinski definition) is 3. The van der Waals surface area contributed by atoms with Crippen LogP contribution < -0.4 is 0 Å². The molecule has 1 fully saturated rings. The van der Waals surface area contributed by atoms with Gasteiger partial charge in [0.15, 0.2) is 0 Å². The van der Waals surface area contributed by atoms with E-state index in [2.05, 4.69) is 21.6 Å². The fraction of sp³-hybridized carbons (Fsp3) is 0.435. The SMILES string of the molecule is Cc1nn(-c2ccccc2)c(C)c1CC(=O)N1CCCC(Cc2nccn2C)C1. The topological polar surface area (TPSA) is 56.0 Å². The molecule has 3 heterocycles. The first kappa shape index (κ1) is 19.4. The van der Waals surface area contributed by atoms with Crippen molar-refractivity contribution in [3.8, 4) is 5.69 Å². The molecule has 1 unspecified atom stereocenters. The summed E-state index contributed by atoms with van der Waals surface area (Å²) in [6.07, 6.45) is 7.38. The van der Waals surface area contributed by atoms with Crippen LogP contribution in [0, 0.1) is 19.8 Å². The summed E-state index contributed by atoms with van der Waals surface area (Å²) in [6, 6.07) is 10.1. The molecular weight excluding hydrogens is 362 g/mol. The summed E-state index contributed by atoms with van der Waals surface area (Å²) in [5.74, 6) is 1.77. The Balaban J connectivity index is 1.45. The molecule has 6 heteroatoms. The molecule has 1 aliphatic rings. The van der Waals surface area contributed by atoms with Crippen LogP contribution in [-0.2, 0) is 24.7 Å². The van der Waals surface area contributed by atoms with Crippen molar-refractivity contribution in [3.05, 3.63) is 65.5 Å². The number of amides is 1. The van der Waals surface area contributed by atoms with Gasteiger partial charge >= 0.3 is 0 Å². The van der Waals surface area contributed by atoms with Gasteiger partial charge in [-0.2, -0.15) is 5.10 Å². The Morgan fingerprint density at radius 1 is 1.21 bits per heavy atom. The number of hydrogen-bond donors (Lipinski definition) is 0. The Morgan fingerprint density at radius 3 is 2.72 bits per heavy atom. The molecule has 0 bridgehead atoms. The number of imidazole rings is 1. The molecule has 152 valence electrons. The second-order valence-corrected chi connectivity index (χ2v) is 8.08. The molecule has 3 aromatic rings. The van der Waals surface area contributed by atoms with E-state index in [1.807, 2.05) is 66.3 Å². The van der Waals surface area contributed by atoms with E-state index >= 15 is 0 Å². The smallest absolute Gasteiger partial charge is 0.227 e. The molecule has 0 aliphatic carbocycles. The third kappa shape index (κ3) is 4.11. The predicted octanol–water partition coefficient (Wildman–Crippen LogP) is 3.25. The summed E-state index contributed by atoms with van der Waals surface area (Å²) < 4.78 is 4.02. The molecule has 0 spiro atoms. The average Bonchev–Trinajstić information content (AvgIpc) is 3.26. The third-order valence-corrected chi connectivity index (χ3v) is 6.03. The van der Waals surface area contributed by atoms with Crippen LogP contribution in [0.5, 0.6) is 0 Å². The quantitative estimate of drug-likeness (QED) is 0.671. The van der Waals surface area contributed by atoms with Gasteiger partial charge in [-0.05, 0) is 44.7 Å². The number of rotatable bonds is 5. The largest absolute Gasteiger partial charge is 0.342 e. The number of carbonyl (C=O) groups is 1. The maximum absolute atomic E-state index is 13.1. The van der Waals surface area contributed by atoms with Gasteiger partial charge in [0.2, 0.25) is 5.91 Å². The number of likely N-dealkylation sites (tertiary alicyclic amines) is 1. The van der Waals surface area contributed by atoms with Crippen LogP contribution in [0.1, 0.15) is 35.6 Å². The summed E-state index contributed by atoms with van der Waals surface area (Å²) in [7, 11) is 2.03. The third-order valence-electron chi connectivity index (χ3n) is 6.03. The minimum atomic E-state index is 0.202. The summed E-state index contributed by atoms with van der Waals surface area (Å²) >= 11 is 0. The van der Waals surface area contributed by atoms with Gasteiger partial charge in [0.25, 0.3) is 0 Å². The van der Waals surface area contributed by atoms with E-state index in [9.17, 15) is 4.79 Å². The second kappa shape index (κ2) is 8.23. The van der Waals surface area contributed by atoms with E-state index in [0.717, 1.165) is 60.8 Å². The lowest BCUT2D eigenvalue weighted by molar-refractivity contribution is -0.132. The number of nitrogens with zero attached hydrogens (tertiary/aromatic N) is 5. The summed E-state index contributed by atoms with van der Waals surface area (Å²) in [5, 5.41) is 4.69. The molecular formula is C23H29N5O. The van der Waals surface area contributed by atoms with Crippen molar-refractivity contribution in [2.75, 3.05) is 13.1 Å². The van der Waals surface area contributed by atoms with Gasteiger partial charge in [-0.1, -0.05) is 18.2 Å². The first-order valence-corrected chi connectivity index (χ1v) is 10.4. The number of piperidine rings is 1. The van der Waals surface area contributed by atoms with E-state index in [-0.39, 0.29) is 5.91 Å². The van der Waals surface area contributed by atoms with E-state index in [0.29, 0.717) is 12.3 Å². The molecule has 0 N–H and O–H groups in total. The molecule has 6 nitrogen and oxygen atoms in total. The molecule has 1 aromatic carbocycles. The molecule has 1 atom stereocenters. The summed E-state index contributed by atoms with van der Waals surface area (Å²) in [4.78, 5) is 19.6. The maximum Gasteiger partial charge on any atom is 0.227 e. The lowest BCUT2D eigenvalue weighted by atomic mass is 9.94. The van der Waals surface area contributed by atoms with Crippen molar-refractivity contribution >= 4 is 5.91 Å². The Morgan fingerprint density at radius 2 is 2.00 bits per heavy atom. The lowest BCUT2D eigenvalue weighted by Crippen LogP contribution is -2.41. The van der Waals surface area contributed by atoms with Crippen LogP contribution in [0.4, 0.5) is 0 Å². The number of aryl methyl sites for hydroxylation is 2. The van der Waals surface area contributed by atoms with Crippen LogP contribution >= 0.6 is 0 Å². The zero-order chi connectivity index (χ0) is 20.4. The van der Waals surface area contributed by atoms with Gasteiger partial charge in [0.05, 0.1) is 17.8 Å². The molecule has 1 saturated heterocycles. The average molecular weight is 392 g/mol. The van der Waals surface area contributed by atoms with Gasteiger partial charge < -0.3 is 9.47 Å². The van der Waals surface area contributed by atoms with Crippen molar-refractivity contribution in [3.63, 3.8) is 0 Å². The Labute approximate surface area is 172 Å². The minimum absolute atomic E-state index is 0.202. The second-order valence-electron chi connectivity index (χ2n) is 8.08. The Hall–Kier alpha value is -2.89. The lowest BCUT2D eigenvalue weighted by Gasteiger charge is -2.33. The van der Waals surface area contributed by atoms with E-state index in [1.54, 1.807) is 0 Å². The Bertz CT molecular complexity index is 988. The highest BCUT2D eigenvalue weighted by Crippen LogP contribution is 2.23. The van der Waals surface area contributed by atoms with Gasteiger partial charge in [0, 0.05) is 50.2 Å². The number of para-hydroxylation sites is 1. The molecule has 0 saturated carbocycles. The number of benzene rings is 1. The zero-order valence-electron chi connectivity index (χ0n) is 17.5. The maximum atomic E-state index is 13.1. The summed E-state index contributed by atoms with van der Waals surface area (Å²) in [5.41, 5.74) is 4.05. The van der Waals surface area contributed by atoms with Crippen LogP contribution in [-0.4, -0.2) is 43.2 Å². The monoisotopic (exact) mass is 391 g/mol. The predicted molar refractivity (Wildman–Crippen MR) is 113 cm³/mol. The highest BCUT2D eigenvalue weighted by Gasteiger charge is 2.26. The first-order valence-electron chi connectivity index (χ1n) is 10.4. The highest BCUT2D eigenvalue weighted by molar-refractivity contribution is 5.79. The zero-order valence-corrected chi connectivity index (χ0v) is 17.5. The van der Waals surface area contributed by atoms with Gasteiger partial charge in [0.1, 0.15) is 5.82 Å². The summed E-state index contributed by atoms with van der Waals surface area (Å²) in [6.45, 7) is 5.71. The van der Waals surface area contributed by atoms with Crippen molar-refractivity contribution in [1.82, 2.24) is 24.2 Å². The van der Waals surface area contributed by atoms with Crippen LogP contribution in [0.3, 0.4) is 0 Å². The molecule has 1 aliphatic heterocycles. The van der Waals surface area contributed by atoms with Crippen molar-refractivity contribution in [2.45, 2.75) is 39.5 Å². The fourth-order valence-corrected chi connectivity index (χ4v) is 4.32. The standard InChI is InChI=1S/C23H29N5O/c1-17-21(18(2)28(25-17)20-9-5-4-6-10-20)15-23(29)27-12-7-8-19(16-27)14-22-24-11-13-26(22)3/h4-6,9-11,13,19H,7-8,12,14-16H2,1-3H3. The highest BCUT2D eigenvalue weighted by atomic mass is 16.2. The van der Waals surface area contributed by atoms with Crippen molar-refractivity contribution < 1.29 is 4.79 Å². The van der Waals surface area contributed by atoms with Crippen LogP contribution in [0.15, 0.2) is 42.7 Å². The van der Waals surface area contributed by atoms with Gasteiger partial charge in [-0.25, -0.2) is 9.67 Å². The normalized spacial score (nSPS) is 16.9. The van der Waals surface area contributed by atoms with E-state index in [1.165, 1.54) is 0 Å². The molecule has 4 rings (SSSR count). The molecule has 29 heavy (non-hydrogen) atoms. The van der Waals surface area contributed by atoms with Crippen molar-refractivity contribution in [2.24, 2.45) is 13.0 Å². The van der Waals surface area contributed by atoms with E-state index < -0.39 is 0 Å². The van der Waals surface area contributed by atoms with Gasteiger partial charge in [-0.3, -0.25) is 4.79 Å². The Kier molecular flexibility index (Phi) is 5.51. The van der Waals surface area contributed by atoms with Crippen LogP contribution in [0.2, 0.25) is 0 Å².